The van der Waals surface area contributed by atoms with Gasteiger partial charge >= 0.3 is 6.09 Å². The highest BCUT2D eigenvalue weighted by Crippen LogP contribution is 2.46. The van der Waals surface area contributed by atoms with Gasteiger partial charge in [-0.15, -0.1) is 0 Å². The lowest BCUT2D eigenvalue weighted by molar-refractivity contribution is -0.146. The summed E-state index contributed by atoms with van der Waals surface area (Å²) < 4.78 is 40.0. The van der Waals surface area contributed by atoms with Crippen molar-refractivity contribution in [1.82, 2.24) is 24.8 Å². The van der Waals surface area contributed by atoms with Gasteiger partial charge in [0.2, 0.25) is 27.7 Å². The number of nitrogens with zero attached hydrogens (tertiary/aromatic N) is 3. The Morgan fingerprint density at radius 3 is 2.52 bits per heavy atom. The van der Waals surface area contributed by atoms with E-state index in [1.807, 2.05) is 37.3 Å². The quantitative estimate of drug-likeness (QED) is 0.320. The van der Waals surface area contributed by atoms with Gasteiger partial charge < -0.3 is 24.8 Å². The minimum Gasteiger partial charge on any atom is -0.496 e. The average Bonchev–Trinajstić information content (AvgIpc) is 4.03. The minimum atomic E-state index is -3.91. The Morgan fingerprint density at radius 2 is 1.87 bits per heavy atom. The molecule has 0 spiro atoms. The summed E-state index contributed by atoms with van der Waals surface area (Å²) in [6, 6.07) is 4.97. The lowest BCUT2D eigenvalue weighted by Crippen LogP contribution is -2.62. The molecule has 6 rings (SSSR count). The first-order valence-electron chi connectivity index (χ1n) is 19.0. The molecule has 15 heteroatoms. The summed E-state index contributed by atoms with van der Waals surface area (Å²) in [5.74, 6) is -1.79. The van der Waals surface area contributed by atoms with E-state index in [2.05, 4.69) is 21.9 Å². The van der Waals surface area contributed by atoms with E-state index >= 15 is 4.79 Å². The van der Waals surface area contributed by atoms with Gasteiger partial charge in [-0.2, -0.15) is 0 Å². The molecule has 3 N–H and O–H groups in total. The van der Waals surface area contributed by atoms with Crippen LogP contribution >= 0.6 is 0 Å². The molecule has 0 radical (unpaired) electrons. The van der Waals surface area contributed by atoms with Crippen molar-refractivity contribution in [3.63, 3.8) is 0 Å². The van der Waals surface area contributed by atoms with Gasteiger partial charge in [-0.3, -0.25) is 24.0 Å². The summed E-state index contributed by atoms with van der Waals surface area (Å²) in [7, 11) is -2.35. The number of fused-ring (bicyclic) bond motifs is 3. The van der Waals surface area contributed by atoms with Gasteiger partial charge in [0.05, 0.1) is 18.9 Å². The van der Waals surface area contributed by atoms with E-state index in [1.165, 1.54) is 9.80 Å². The van der Waals surface area contributed by atoms with Gasteiger partial charge in [-0.1, -0.05) is 38.5 Å². The molecule has 1 aromatic carbocycles. The molecule has 2 aliphatic heterocycles. The maximum absolute atomic E-state index is 15.1. The van der Waals surface area contributed by atoms with Crippen molar-refractivity contribution >= 4 is 44.6 Å². The molecule has 3 fully saturated rings. The van der Waals surface area contributed by atoms with Crippen LogP contribution in [0.2, 0.25) is 0 Å². The Morgan fingerprint density at radius 1 is 1.13 bits per heavy atom. The maximum Gasteiger partial charge on any atom is 0.408 e. The highest BCUT2D eigenvalue weighted by molar-refractivity contribution is 7.91. The molecule has 4 aliphatic rings. The molecule has 3 heterocycles. The second kappa shape index (κ2) is 15.0. The Labute approximate surface area is 317 Å². The van der Waals surface area contributed by atoms with E-state index in [-0.39, 0.29) is 37.1 Å². The number of nitrogens with one attached hydrogen (secondary N) is 2. The number of methoxy groups -OCH3 is 1. The topological polar surface area (TPSA) is 185 Å². The van der Waals surface area contributed by atoms with Gasteiger partial charge in [0.1, 0.15) is 29.5 Å². The van der Waals surface area contributed by atoms with Gasteiger partial charge in [-0.25, -0.2) is 18.2 Å². The number of carbonyl (C=O) groups excluding carboxylic acids is 3. The Kier molecular flexibility index (Phi) is 10.9. The van der Waals surface area contributed by atoms with E-state index in [4.69, 9.17) is 9.47 Å². The van der Waals surface area contributed by atoms with Crippen molar-refractivity contribution in [3.05, 3.63) is 42.6 Å². The van der Waals surface area contributed by atoms with Gasteiger partial charge in [0.25, 0.3) is 5.91 Å². The van der Waals surface area contributed by atoms with Crippen LogP contribution in [0.3, 0.4) is 0 Å². The number of benzene rings is 1. The van der Waals surface area contributed by atoms with Crippen LogP contribution in [-0.4, -0.2) is 100 Å². The maximum atomic E-state index is 15.1. The third kappa shape index (κ3) is 7.87. The van der Waals surface area contributed by atoms with Gasteiger partial charge in [0.15, 0.2) is 0 Å². The highest BCUT2D eigenvalue weighted by Gasteiger charge is 2.62. The molecule has 4 amide bonds. The van der Waals surface area contributed by atoms with E-state index in [9.17, 15) is 27.9 Å². The number of carbonyl (C=O) groups is 4. The Balaban J connectivity index is 1.41. The molecule has 1 aromatic heterocycles. The average molecular weight is 768 g/mol. The Bertz CT molecular complexity index is 1930. The second-order valence-electron chi connectivity index (χ2n) is 16.4. The zero-order chi connectivity index (χ0) is 39.2. The minimum absolute atomic E-state index is 0.0146. The highest BCUT2D eigenvalue weighted by atomic mass is 32.2. The molecule has 54 heavy (non-hydrogen) atoms. The summed E-state index contributed by atoms with van der Waals surface area (Å²) >= 11 is 0. The number of allylic oxidation sites excluding steroid dienone is 1. The number of aromatic nitrogens is 1. The summed E-state index contributed by atoms with van der Waals surface area (Å²) in [5, 5.41) is 14.3. The molecule has 2 saturated carbocycles. The van der Waals surface area contributed by atoms with Crippen LogP contribution in [0.15, 0.2) is 42.6 Å². The number of pyridine rings is 1. The van der Waals surface area contributed by atoms with Crippen LogP contribution in [0.25, 0.3) is 10.8 Å². The predicted molar refractivity (Wildman–Crippen MR) is 201 cm³/mol. The van der Waals surface area contributed by atoms with Crippen molar-refractivity contribution in [2.75, 3.05) is 13.7 Å². The normalized spacial score (nSPS) is 29.9. The molecule has 294 valence electrons. The zero-order valence-corrected chi connectivity index (χ0v) is 32.7. The molecule has 0 unspecified atom stereocenters. The molecular weight excluding hydrogens is 715 g/mol. The van der Waals surface area contributed by atoms with Crippen LogP contribution < -0.4 is 19.5 Å². The van der Waals surface area contributed by atoms with E-state index in [1.54, 1.807) is 40.1 Å². The van der Waals surface area contributed by atoms with Crippen molar-refractivity contribution in [2.24, 2.45) is 17.8 Å². The third-order valence-corrected chi connectivity index (χ3v) is 13.2. The number of amides is 4. The summed E-state index contributed by atoms with van der Waals surface area (Å²) in [5.41, 5.74) is -2.50. The van der Waals surface area contributed by atoms with Crippen molar-refractivity contribution in [3.8, 4) is 11.6 Å². The monoisotopic (exact) mass is 767 g/mol. The van der Waals surface area contributed by atoms with E-state index in [0.29, 0.717) is 43.2 Å². The number of ether oxygens (including phenoxy) is 2. The molecule has 14 nitrogen and oxygen atoms in total. The second-order valence-corrected chi connectivity index (χ2v) is 18.3. The standard InChI is InChI=1S/C39H53N5O9S/c1-7-24-19-23(2)11-8-9-12-25-21-39(25,36(47)42-54(50,51)27-15-16-27)41-33(45)30-20-26(22-43(30)35(46)32(24)44(37(48)49)38(3,4)5)53-34-29-13-10-14-31(52-6)28(29)17-18-40-34/h9-10,12-14,17-18,23-27,30,32H,7-8,11,15-16,19-22H2,1-6H3,(H,41,45)(H,42,47)(H,48,49)/b12-9-/t23-,24-,25-,26-,30+,32+,39-/m1/s1. The zero-order valence-electron chi connectivity index (χ0n) is 31.9. The molecule has 0 bridgehead atoms. The van der Waals surface area contributed by atoms with Gasteiger partial charge in [0, 0.05) is 34.8 Å². The fourth-order valence-corrected chi connectivity index (χ4v) is 9.60. The predicted octanol–water partition coefficient (Wildman–Crippen LogP) is 4.62. The molecule has 2 aromatic rings. The first-order chi connectivity index (χ1) is 25.5. The van der Waals surface area contributed by atoms with Gasteiger partial charge in [-0.05, 0) is 89.3 Å². The van der Waals surface area contributed by atoms with Crippen LogP contribution in [-0.2, 0) is 24.4 Å². The fourth-order valence-electron chi connectivity index (χ4n) is 8.23. The van der Waals surface area contributed by atoms with E-state index in [0.717, 1.165) is 11.8 Å². The molecule has 2 aliphatic carbocycles. The third-order valence-electron chi connectivity index (χ3n) is 11.4. The number of carboxylic acid groups (broad SMARTS) is 1. The summed E-state index contributed by atoms with van der Waals surface area (Å²) in [4.78, 5) is 63.6. The fraction of sp³-hybridized carbons (Fsp3) is 0.615. The largest absolute Gasteiger partial charge is 0.496 e. The smallest absolute Gasteiger partial charge is 0.408 e. The number of sulfonamides is 1. The van der Waals surface area contributed by atoms with Crippen LogP contribution in [0.4, 0.5) is 4.79 Å². The lowest BCUT2D eigenvalue weighted by atomic mass is 9.82. The molecular formula is C39H53N5O9S. The molecule has 1 saturated heterocycles. The first-order valence-corrected chi connectivity index (χ1v) is 20.5. The van der Waals surface area contributed by atoms with E-state index < -0.39 is 74.3 Å². The van der Waals surface area contributed by atoms with Crippen molar-refractivity contribution in [2.45, 2.75) is 121 Å². The summed E-state index contributed by atoms with van der Waals surface area (Å²) in [6.07, 6.45) is 7.04. The van der Waals surface area contributed by atoms with Crippen LogP contribution in [0, 0.1) is 17.8 Å². The van der Waals surface area contributed by atoms with Crippen molar-refractivity contribution < 1.29 is 42.2 Å². The van der Waals surface area contributed by atoms with Crippen LogP contribution in [0.5, 0.6) is 11.6 Å². The van der Waals surface area contributed by atoms with Crippen LogP contribution in [0.1, 0.15) is 86.0 Å². The first kappa shape index (κ1) is 39.3. The molecule has 7 atom stereocenters. The number of hydrogen-bond acceptors (Lipinski definition) is 9. The van der Waals surface area contributed by atoms with Crippen molar-refractivity contribution in [1.29, 1.82) is 0 Å². The SMILES string of the molecule is CC[C@@H]1C[C@H](C)CC/C=C\[C@@H]2C[C@@]2(C(=O)NS(=O)(=O)C2CC2)NC(=O)[C@@H]2C[C@@H](Oc3nccc4c(OC)cccc34)CN2C(=O)[C@H]1N(C(=O)O)C(C)(C)C. The summed E-state index contributed by atoms with van der Waals surface area (Å²) in [6.45, 7) is 9.21. The number of hydrogen-bond donors (Lipinski definition) is 3. The number of rotatable bonds is 8. The lowest BCUT2D eigenvalue weighted by Gasteiger charge is -2.44. The Hall–Kier alpha value is -4.40.